The van der Waals surface area contributed by atoms with Crippen LogP contribution in [0.4, 0.5) is 0 Å². The zero-order valence-electron chi connectivity index (χ0n) is 10.0. The number of phenolic OH excluding ortho intramolecular Hbond substituents is 1. The van der Waals surface area contributed by atoms with Crippen molar-refractivity contribution in [1.82, 2.24) is 10.1 Å². The Morgan fingerprint density at radius 3 is 2.55 bits per heavy atom. The highest BCUT2D eigenvalue weighted by Crippen LogP contribution is 2.29. The average Bonchev–Trinajstić information content (AvgIpc) is 2.92. The number of hydrogen-bond donors (Lipinski definition) is 1. The van der Waals surface area contributed by atoms with Gasteiger partial charge in [0, 0.05) is 11.1 Å². The van der Waals surface area contributed by atoms with Crippen molar-refractivity contribution < 1.29 is 9.63 Å². The number of aromatic hydroxyl groups is 1. The molecule has 0 amide bonds. The molecule has 1 N–H and O–H groups in total. The number of rotatable bonds is 2. The lowest BCUT2D eigenvalue weighted by Gasteiger charge is -1.97. The van der Waals surface area contributed by atoms with Crippen molar-refractivity contribution in [2.24, 2.45) is 0 Å². The van der Waals surface area contributed by atoms with Crippen LogP contribution in [-0.2, 0) is 0 Å². The second-order valence-corrected chi connectivity index (χ2v) is 4.92. The molecule has 0 radical (unpaired) electrons. The normalized spacial score (nSPS) is 10.7. The van der Waals surface area contributed by atoms with Crippen molar-refractivity contribution in [3.05, 3.63) is 52.5 Å². The first kappa shape index (κ1) is 13.0. The summed E-state index contributed by atoms with van der Waals surface area (Å²) in [5.74, 6) is 0.862. The summed E-state index contributed by atoms with van der Waals surface area (Å²) in [6.45, 7) is 0. The van der Waals surface area contributed by atoms with E-state index in [4.69, 9.17) is 27.7 Å². The van der Waals surface area contributed by atoms with Crippen LogP contribution in [0.3, 0.4) is 0 Å². The molecule has 100 valence electrons. The van der Waals surface area contributed by atoms with E-state index in [1.54, 1.807) is 42.5 Å². The van der Waals surface area contributed by atoms with Gasteiger partial charge in [0.1, 0.15) is 5.75 Å². The molecule has 3 rings (SSSR count). The molecule has 0 bridgehead atoms. The van der Waals surface area contributed by atoms with Crippen LogP contribution in [0.5, 0.6) is 5.75 Å². The lowest BCUT2D eigenvalue weighted by molar-refractivity contribution is 0.431. The van der Waals surface area contributed by atoms with E-state index in [0.29, 0.717) is 32.9 Å². The van der Waals surface area contributed by atoms with Crippen molar-refractivity contribution in [1.29, 1.82) is 0 Å². The average molecular weight is 307 g/mol. The number of nitrogens with zero attached hydrogens (tertiary/aromatic N) is 2. The van der Waals surface area contributed by atoms with E-state index in [1.807, 2.05) is 0 Å². The fourth-order valence-electron chi connectivity index (χ4n) is 1.73. The van der Waals surface area contributed by atoms with Gasteiger partial charge in [0.25, 0.3) is 5.89 Å². The smallest absolute Gasteiger partial charge is 0.258 e. The molecule has 4 nitrogen and oxygen atoms in total. The van der Waals surface area contributed by atoms with Gasteiger partial charge in [-0.05, 0) is 36.4 Å². The van der Waals surface area contributed by atoms with Gasteiger partial charge in [-0.25, -0.2) is 0 Å². The van der Waals surface area contributed by atoms with Gasteiger partial charge in [0.05, 0.1) is 10.0 Å². The van der Waals surface area contributed by atoms with Crippen LogP contribution >= 0.6 is 23.2 Å². The topological polar surface area (TPSA) is 59.2 Å². The summed E-state index contributed by atoms with van der Waals surface area (Å²) >= 11 is 11.8. The minimum atomic E-state index is 0.136. The maximum absolute atomic E-state index is 9.44. The highest BCUT2D eigenvalue weighted by molar-refractivity contribution is 6.42. The summed E-state index contributed by atoms with van der Waals surface area (Å²) in [6, 6.07) is 11.7. The van der Waals surface area contributed by atoms with Gasteiger partial charge in [-0.2, -0.15) is 4.98 Å². The zero-order chi connectivity index (χ0) is 14.1. The Balaban J connectivity index is 1.99. The molecule has 0 saturated heterocycles. The Labute approximate surface area is 124 Å². The molecule has 1 aromatic heterocycles. The molecule has 0 atom stereocenters. The predicted molar refractivity (Wildman–Crippen MR) is 76.9 cm³/mol. The highest BCUT2D eigenvalue weighted by atomic mass is 35.5. The van der Waals surface area contributed by atoms with Crippen molar-refractivity contribution in [2.75, 3.05) is 0 Å². The van der Waals surface area contributed by atoms with E-state index >= 15 is 0 Å². The highest BCUT2D eigenvalue weighted by Gasteiger charge is 2.12. The van der Waals surface area contributed by atoms with Crippen LogP contribution in [0, 0.1) is 0 Å². The summed E-state index contributed by atoms with van der Waals surface area (Å²) in [7, 11) is 0. The van der Waals surface area contributed by atoms with Crippen LogP contribution in [-0.4, -0.2) is 15.2 Å². The quantitative estimate of drug-likeness (QED) is 0.761. The third kappa shape index (κ3) is 2.48. The Kier molecular flexibility index (Phi) is 3.34. The molecular formula is C14H8Cl2N2O2. The van der Waals surface area contributed by atoms with E-state index in [9.17, 15) is 5.11 Å². The minimum absolute atomic E-state index is 0.136. The number of aromatic nitrogens is 2. The Morgan fingerprint density at radius 2 is 1.80 bits per heavy atom. The summed E-state index contributed by atoms with van der Waals surface area (Å²) in [4.78, 5) is 4.27. The van der Waals surface area contributed by atoms with Gasteiger partial charge in [0.15, 0.2) is 0 Å². The maximum atomic E-state index is 9.44. The van der Waals surface area contributed by atoms with E-state index in [0.717, 1.165) is 0 Å². The Morgan fingerprint density at radius 1 is 0.950 bits per heavy atom. The zero-order valence-corrected chi connectivity index (χ0v) is 11.6. The van der Waals surface area contributed by atoms with Crippen molar-refractivity contribution in [3.8, 4) is 28.6 Å². The van der Waals surface area contributed by atoms with Crippen LogP contribution in [0.2, 0.25) is 10.0 Å². The third-order valence-electron chi connectivity index (χ3n) is 2.70. The van der Waals surface area contributed by atoms with Gasteiger partial charge in [-0.3, -0.25) is 0 Å². The molecule has 0 aliphatic carbocycles. The molecule has 0 unspecified atom stereocenters. The minimum Gasteiger partial charge on any atom is -0.508 e. The second-order valence-electron chi connectivity index (χ2n) is 4.10. The molecule has 0 saturated carbocycles. The molecule has 0 fully saturated rings. The number of hydrogen-bond acceptors (Lipinski definition) is 4. The molecule has 20 heavy (non-hydrogen) atoms. The van der Waals surface area contributed by atoms with E-state index in [1.165, 1.54) is 0 Å². The Bertz CT molecular complexity index is 771. The molecular weight excluding hydrogens is 299 g/mol. The summed E-state index contributed by atoms with van der Waals surface area (Å²) in [6.07, 6.45) is 0. The molecule has 3 aromatic rings. The van der Waals surface area contributed by atoms with Crippen LogP contribution in [0.15, 0.2) is 47.0 Å². The van der Waals surface area contributed by atoms with Gasteiger partial charge in [-0.15, -0.1) is 0 Å². The van der Waals surface area contributed by atoms with E-state index in [2.05, 4.69) is 10.1 Å². The second kappa shape index (κ2) is 5.15. The largest absolute Gasteiger partial charge is 0.508 e. The fourth-order valence-corrected chi connectivity index (χ4v) is 2.03. The maximum Gasteiger partial charge on any atom is 0.258 e. The first-order chi connectivity index (χ1) is 9.63. The van der Waals surface area contributed by atoms with Gasteiger partial charge >= 0.3 is 0 Å². The van der Waals surface area contributed by atoms with Crippen molar-refractivity contribution in [3.63, 3.8) is 0 Å². The van der Waals surface area contributed by atoms with Gasteiger partial charge in [0.2, 0.25) is 5.82 Å². The molecule has 1 heterocycles. The molecule has 0 aliphatic rings. The molecule has 0 aliphatic heterocycles. The van der Waals surface area contributed by atoms with E-state index < -0.39 is 0 Å². The van der Waals surface area contributed by atoms with Crippen molar-refractivity contribution >= 4 is 23.2 Å². The van der Waals surface area contributed by atoms with Gasteiger partial charge < -0.3 is 9.63 Å². The first-order valence-corrected chi connectivity index (χ1v) is 6.47. The van der Waals surface area contributed by atoms with Crippen LogP contribution < -0.4 is 0 Å². The molecule has 6 heteroatoms. The fraction of sp³-hybridized carbons (Fsp3) is 0. The standard InChI is InChI=1S/C14H8Cl2N2O2/c15-11-5-4-8(7-12(11)16)13-17-14(20-18-13)9-2-1-3-10(19)6-9/h1-7,19H. The monoisotopic (exact) mass is 306 g/mol. The van der Waals surface area contributed by atoms with Crippen molar-refractivity contribution in [2.45, 2.75) is 0 Å². The Hall–Kier alpha value is -2.04. The summed E-state index contributed by atoms with van der Waals surface area (Å²) in [5.41, 5.74) is 1.35. The summed E-state index contributed by atoms with van der Waals surface area (Å²) < 4.78 is 5.18. The van der Waals surface area contributed by atoms with Crippen LogP contribution in [0.1, 0.15) is 0 Å². The van der Waals surface area contributed by atoms with E-state index in [-0.39, 0.29) is 5.75 Å². The molecule has 2 aromatic carbocycles. The summed E-state index contributed by atoms with van der Waals surface area (Å²) in [5, 5.41) is 14.2. The third-order valence-corrected chi connectivity index (χ3v) is 3.44. The van der Waals surface area contributed by atoms with Crippen LogP contribution in [0.25, 0.3) is 22.8 Å². The predicted octanol–water partition coefficient (Wildman–Crippen LogP) is 4.42. The SMILES string of the molecule is Oc1cccc(-c2nc(-c3ccc(Cl)c(Cl)c3)no2)c1. The molecule has 0 spiro atoms. The lowest BCUT2D eigenvalue weighted by Crippen LogP contribution is -1.82. The number of phenols is 1. The number of halogens is 2. The van der Waals surface area contributed by atoms with Gasteiger partial charge in [-0.1, -0.05) is 34.4 Å². The first-order valence-electron chi connectivity index (χ1n) is 5.72. The lowest BCUT2D eigenvalue weighted by atomic mass is 10.2. The number of benzene rings is 2.